The number of rotatable bonds is 0. The van der Waals surface area contributed by atoms with Gasteiger partial charge in [0.05, 0.1) is 0 Å². The van der Waals surface area contributed by atoms with E-state index in [9.17, 15) is 0 Å². The van der Waals surface area contributed by atoms with E-state index < -0.39 is 7.82 Å². The molecule has 0 heterocycles. The molecule has 0 aromatic heterocycles. The van der Waals surface area contributed by atoms with E-state index in [2.05, 4.69) is 0 Å². The van der Waals surface area contributed by atoms with Gasteiger partial charge in [-0.05, 0) is 0 Å². The molecule has 0 aliphatic heterocycles. The standard InChI is InChI=1S/Dy.Na.H3O4P.H/c;;1-5(2,3)4;/h;;(H3,1,2,3,4);. The fourth-order valence-electron chi connectivity index (χ4n) is 0. The minimum absolute atomic E-state index is 0. The molecule has 0 saturated heterocycles. The quantitative estimate of drug-likeness (QED) is 0.371. The molecule has 3 N–H and O–H groups in total. The summed E-state index contributed by atoms with van der Waals surface area (Å²) in [5.74, 6) is 0. The van der Waals surface area contributed by atoms with Gasteiger partial charge in [0.15, 0.2) is 0 Å². The van der Waals surface area contributed by atoms with Crippen LogP contribution in [0.15, 0.2) is 0 Å². The van der Waals surface area contributed by atoms with Crippen molar-refractivity contribution >= 4 is 37.4 Å². The number of phosphoric acid groups is 1. The van der Waals surface area contributed by atoms with Crippen LogP contribution in [0.4, 0.5) is 0 Å². The van der Waals surface area contributed by atoms with Gasteiger partial charge in [0, 0.05) is 38.2 Å². The van der Waals surface area contributed by atoms with E-state index in [0.29, 0.717) is 0 Å². The molecule has 4 nitrogen and oxygen atoms in total. The van der Waals surface area contributed by atoms with E-state index in [0.717, 1.165) is 0 Å². The van der Waals surface area contributed by atoms with Crippen molar-refractivity contribution in [1.82, 2.24) is 0 Å². The normalized spacial score (nSPS) is 8.43. The van der Waals surface area contributed by atoms with E-state index in [4.69, 9.17) is 19.2 Å². The summed E-state index contributed by atoms with van der Waals surface area (Å²) in [5.41, 5.74) is 0. The van der Waals surface area contributed by atoms with Crippen LogP contribution in [0.25, 0.3) is 0 Å². The molecular formula is H4DyNaO4P. The minimum atomic E-state index is -4.64. The molecule has 0 atom stereocenters. The zero-order valence-electron chi connectivity index (χ0n) is 2.51. The van der Waals surface area contributed by atoms with E-state index in [1.54, 1.807) is 0 Å². The van der Waals surface area contributed by atoms with Crippen LogP contribution in [0.1, 0.15) is 0 Å². The Hall–Kier alpha value is 2.38. The van der Waals surface area contributed by atoms with Gasteiger partial charge in [-0.3, -0.25) is 0 Å². The van der Waals surface area contributed by atoms with Crippen LogP contribution in [0.3, 0.4) is 0 Å². The first-order valence-electron chi connectivity index (χ1n) is 0.783. The van der Waals surface area contributed by atoms with E-state index in [-0.39, 0.29) is 67.7 Å². The average molecular weight is 284 g/mol. The van der Waals surface area contributed by atoms with Gasteiger partial charge < -0.3 is 14.7 Å². The molecule has 0 radical (unpaired) electrons. The molecule has 0 aliphatic rings. The SMILES string of the molecule is O=P(O)(O)O.[Dy].[NaH]. The Morgan fingerprint density at radius 3 is 1.14 bits per heavy atom. The van der Waals surface area contributed by atoms with Crippen molar-refractivity contribution in [3.63, 3.8) is 0 Å². The molecule has 7 heteroatoms. The van der Waals surface area contributed by atoms with Crippen molar-refractivity contribution in [2.75, 3.05) is 0 Å². The Balaban J connectivity index is -0.0000000800. The second kappa shape index (κ2) is 6.50. The Morgan fingerprint density at radius 1 is 1.14 bits per heavy atom. The zero-order valence-corrected chi connectivity index (χ0v) is 5.44. The van der Waals surface area contributed by atoms with Gasteiger partial charge >= 0.3 is 37.4 Å². The third-order valence-electron chi connectivity index (χ3n) is 0. The third kappa shape index (κ3) is 60.2. The first kappa shape index (κ1) is 16.2. The first-order chi connectivity index (χ1) is 2.00. The zero-order chi connectivity index (χ0) is 4.50. The number of hydrogen-bond acceptors (Lipinski definition) is 1. The maximum atomic E-state index is 8.88. The predicted octanol–water partition coefficient (Wildman–Crippen LogP) is -1.58. The van der Waals surface area contributed by atoms with Gasteiger partial charge in [0.25, 0.3) is 0 Å². The first-order valence-corrected chi connectivity index (χ1v) is 2.35. The predicted molar refractivity (Wildman–Crippen MR) is 21.4 cm³/mol. The van der Waals surface area contributed by atoms with Gasteiger partial charge in [0.2, 0.25) is 0 Å². The van der Waals surface area contributed by atoms with Crippen molar-refractivity contribution in [3.8, 4) is 0 Å². The molecule has 0 bridgehead atoms. The van der Waals surface area contributed by atoms with Crippen molar-refractivity contribution in [2.24, 2.45) is 0 Å². The van der Waals surface area contributed by atoms with Gasteiger partial charge in [-0.25, -0.2) is 4.57 Å². The summed E-state index contributed by atoms with van der Waals surface area (Å²) in [6.07, 6.45) is 0. The van der Waals surface area contributed by atoms with E-state index in [1.165, 1.54) is 0 Å². The third-order valence-corrected chi connectivity index (χ3v) is 0. The summed E-state index contributed by atoms with van der Waals surface area (Å²) in [7, 11) is -4.64. The maximum absolute atomic E-state index is 8.88. The fraction of sp³-hybridized carbons (Fsp3) is 0. The van der Waals surface area contributed by atoms with E-state index in [1.807, 2.05) is 0 Å². The second-order valence-electron chi connectivity index (χ2n) is 0.513. The van der Waals surface area contributed by atoms with Crippen LogP contribution in [-0.2, 0) is 4.57 Å². The molecule has 44 valence electrons. The average Bonchev–Trinajstić information content (AvgIpc) is 0.722. The molecule has 0 aromatic rings. The Bertz CT molecular complexity index is 57.8. The molecule has 0 aromatic carbocycles. The molecule has 0 saturated carbocycles. The van der Waals surface area contributed by atoms with Crippen LogP contribution >= 0.6 is 7.82 Å². The van der Waals surface area contributed by atoms with Crippen molar-refractivity contribution in [3.05, 3.63) is 0 Å². The van der Waals surface area contributed by atoms with Crippen LogP contribution < -0.4 is 0 Å². The van der Waals surface area contributed by atoms with Gasteiger partial charge in [-0.2, -0.15) is 0 Å². The van der Waals surface area contributed by atoms with Crippen LogP contribution in [0, 0.1) is 38.2 Å². The van der Waals surface area contributed by atoms with Crippen molar-refractivity contribution < 1.29 is 57.4 Å². The second-order valence-corrected chi connectivity index (χ2v) is 1.54. The Morgan fingerprint density at radius 2 is 1.14 bits per heavy atom. The Kier molecular flexibility index (Phi) is 15.0. The molecule has 0 fully saturated rings. The molecule has 7 heavy (non-hydrogen) atoms. The molecule has 0 aliphatic carbocycles. The monoisotopic (exact) mass is 286 g/mol. The van der Waals surface area contributed by atoms with Crippen LogP contribution in [-0.4, -0.2) is 44.2 Å². The molecule has 0 unspecified atom stereocenters. The summed E-state index contributed by atoms with van der Waals surface area (Å²) in [6.45, 7) is 0. The van der Waals surface area contributed by atoms with Crippen LogP contribution in [0.2, 0.25) is 0 Å². The van der Waals surface area contributed by atoms with Gasteiger partial charge in [-0.15, -0.1) is 0 Å². The fourth-order valence-corrected chi connectivity index (χ4v) is 0. The molecule has 0 rings (SSSR count). The summed E-state index contributed by atoms with van der Waals surface area (Å²) >= 11 is 0. The summed E-state index contributed by atoms with van der Waals surface area (Å²) in [4.78, 5) is 21.6. The van der Waals surface area contributed by atoms with Gasteiger partial charge in [0.1, 0.15) is 0 Å². The Labute approximate surface area is 93.2 Å². The molecule has 0 amide bonds. The number of hydrogen-bond donors (Lipinski definition) is 3. The molecular weight excluding hydrogens is 280 g/mol. The van der Waals surface area contributed by atoms with E-state index >= 15 is 0 Å². The van der Waals surface area contributed by atoms with Gasteiger partial charge in [-0.1, -0.05) is 0 Å². The van der Waals surface area contributed by atoms with Crippen molar-refractivity contribution in [1.29, 1.82) is 0 Å². The van der Waals surface area contributed by atoms with Crippen LogP contribution in [0.5, 0.6) is 0 Å². The molecule has 0 spiro atoms. The topological polar surface area (TPSA) is 77.8 Å². The summed E-state index contributed by atoms with van der Waals surface area (Å²) in [5, 5.41) is 0. The summed E-state index contributed by atoms with van der Waals surface area (Å²) in [6, 6.07) is 0. The summed E-state index contributed by atoms with van der Waals surface area (Å²) < 4.78 is 8.88. The van der Waals surface area contributed by atoms with Crippen molar-refractivity contribution in [2.45, 2.75) is 0 Å².